The van der Waals surface area contributed by atoms with Gasteiger partial charge >= 0.3 is 6.61 Å². The van der Waals surface area contributed by atoms with E-state index in [1.54, 1.807) is 24.3 Å². The van der Waals surface area contributed by atoms with Gasteiger partial charge in [-0.15, -0.1) is 0 Å². The first-order valence-electron chi connectivity index (χ1n) is 6.76. The third-order valence-corrected chi connectivity index (χ3v) is 2.97. The summed E-state index contributed by atoms with van der Waals surface area (Å²) < 4.78 is 34.0. The van der Waals surface area contributed by atoms with Crippen LogP contribution in [0.1, 0.15) is 39.3 Å². The molecule has 0 aromatic heterocycles. The summed E-state index contributed by atoms with van der Waals surface area (Å²) >= 11 is 0. The molecule has 0 spiro atoms. The Kier molecular flexibility index (Phi) is 6.36. The normalized spacial score (nSPS) is 13.6. The molecule has 0 fully saturated rings. The van der Waals surface area contributed by atoms with E-state index < -0.39 is 6.61 Å². The van der Waals surface area contributed by atoms with Crippen molar-refractivity contribution in [2.75, 3.05) is 13.2 Å². The van der Waals surface area contributed by atoms with Crippen molar-refractivity contribution in [3.8, 4) is 5.75 Å². The first-order valence-corrected chi connectivity index (χ1v) is 6.76. The minimum atomic E-state index is -2.79. The van der Waals surface area contributed by atoms with Crippen LogP contribution in [0.15, 0.2) is 24.3 Å². The number of rotatable bonds is 8. The van der Waals surface area contributed by atoms with Crippen molar-refractivity contribution < 1.29 is 18.3 Å². The van der Waals surface area contributed by atoms with Crippen molar-refractivity contribution in [3.05, 3.63) is 29.8 Å². The number of nitrogens with one attached hydrogen (secondary N) is 1. The fourth-order valence-electron chi connectivity index (χ4n) is 1.90. The molecule has 0 saturated carbocycles. The zero-order chi connectivity index (χ0) is 15.2. The van der Waals surface area contributed by atoms with Crippen molar-refractivity contribution in [2.45, 2.75) is 45.9 Å². The SMILES string of the molecule is CCOC(C)(C)CNC(C)c1ccc(OC(F)F)cc1. The van der Waals surface area contributed by atoms with Crippen LogP contribution in [0.4, 0.5) is 8.78 Å². The summed E-state index contributed by atoms with van der Waals surface area (Å²) in [6, 6.07) is 6.77. The highest BCUT2D eigenvalue weighted by Gasteiger charge is 2.18. The molecule has 0 aliphatic heterocycles. The summed E-state index contributed by atoms with van der Waals surface area (Å²) in [6.45, 7) is 6.62. The lowest BCUT2D eigenvalue weighted by Crippen LogP contribution is -2.38. The van der Waals surface area contributed by atoms with E-state index in [0.717, 1.165) is 5.56 Å². The highest BCUT2D eigenvalue weighted by molar-refractivity contribution is 5.28. The maximum absolute atomic E-state index is 12.1. The van der Waals surface area contributed by atoms with Crippen molar-refractivity contribution in [1.82, 2.24) is 5.32 Å². The van der Waals surface area contributed by atoms with Crippen LogP contribution in [0.2, 0.25) is 0 Å². The maximum Gasteiger partial charge on any atom is 0.387 e. The molecule has 0 heterocycles. The van der Waals surface area contributed by atoms with Crippen LogP contribution in [-0.2, 0) is 4.74 Å². The zero-order valence-electron chi connectivity index (χ0n) is 12.5. The van der Waals surface area contributed by atoms with E-state index in [4.69, 9.17) is 4.74 Å². The predicted octanol–water partition coefficient (Wildman–Crippen LogP) is 3.75. The molecule has 1 unspecified atom stereocenters. The summed E-state index contributed by atoms with van der Waals surface area (Å²) in [5, 5.41) is 3.37. The van der Waals surface area contributed by atoms with Crippen LogP contribution in [-0.4, -0.2) is 25.4 Å². The van der Waals surface area contributed by atoms with Gasteiger partial charge in [-0.2, -0.15) is 8.78 Å². The standard InChI is InChI=1S/C15H23F2NO2/c1-5-19-15(3,4)10-18-11(2)12-6-8-13(9-7-12)20-14(16)17/h6-9,11,14,18H,5,10H2,1-4H3. The largest absolute Gasteiger partial charge is 0.435 e. The van der Waals surface area contributed by atoms with Crippen molar-refractivity contribution in [2.24, 2.45) is 0 Å². The van der Waals surface area contributed by atoms with E-state index in [1.165, 1.54) is 0 Å². The van der Waals surface area contributed by atoms with Crippen LogP contribution >= 0.6 is 0 Å². The Bertz CT molecular complexity index is 393. The monoisotopic (exact) mass is 287 g/mol. The van der Waals surface area contributed by atoms with Gasteiger partial charge in [0.1, 0.15) is 5.75 Å². The van der Waals surface area contributed by atoms with Crippen LogP contribution in [0.5, 0.6) is 5.75 Å². The van der Waals surface area contributed by atoms with Gasteiger partial charge in [0.05, 0.1) is 5.60 Å². The second kappa shape index (κ2) is 7.55. The van der Waals surface area contributed by atoms with Gasteiger partial charge in [0, 0.05) is 19.2 Å². The summed E-state index contributed by atoms with van der Waals surface area (Å²) in [6.07, 6.45) is 0. The van der Waals surface area contributed by atoms with E-state index >= 15 is 0 Å². The molecule has 1 aromatic carbocycles. The Morgan fingerprint density at radius 2 is 1.80 bits per heavy atom. The number of benzene rings is 1. The number of hydrogen-bond acceptors (Lipinski definition) is 3. The topological polar surface area (TPSA) is 30.5 Å². The number of ether oxygens (including phenoxy) is 2. The van der Waals surface area contributed by atoms with E-state index in [2.05, 4.69) is 10.1 Å². The minimum Gasteiger partial charge on any atom is -0.435 e. The molecule has 1 atom stereocenters. The van der Waals surface area contributed by atoms with E-state index in [-0.39, 0.29) is 17.4 Å². The summed E-state index contributed by atoms with van der Waals surface area (Å²) in [4.78, 5) is 0. The summed E-state index contributed by atoms with van der Waals surface area (Å²) in [5.41, 5.74) is 0.778. The Morgan fingerprint density at radius 1 is 1.20 bits per heavy atom. The average Bonchev–Trinajstić information content (AvgIpc) is 2.36. The molecule has 0 saturated heterocycles. The average molecular weight is 287 g/mol. The van der Waals surface area contributed by atoms with Gasteiger partial charge in [0.2, 0.25) is 0 Å². The predicted molar refractivity (Wildman–Crippen MR) is 75.2 cm³/mol. The molecule has 0 aliphatic rings. The molecule has 1 aromatic rings. The third-order valence-electron chi connectivity index (χ3n) is 2.97. The lowest BCUT2D eigenvalue weighted by molar-refractivity contribution is -0.0498. The molecule has 0 radical (unpaired) electrons. The van der Waals surface area contributed by atoms with Crippen molar-refractivity contribution in [3.63, 3.8) is 0 Å². The maximum atomic E-state index is 12.1. The van der Waals surface area contributed by atoms with E-state index in [1.807, 2.05) is 27.7 Å². The molecule has 114 valence electrons. The highest BCUT2D eigenvalue weighted by atomic mass is 19.3. The van der Waals surface area contributed by atoms with Crippen LogP contribution in [0.3, 0.4) is 0 Å². The van der Waals surface area contributed by atoms with Crippen LogP contribution < -0.4 is 10.1 Å². The molecule has 0 amide bonds. The second-order valence-electron chi connectivity index (χ2n) is 5.24. The van der Waals surface area contributed by atoms with Gasteiger partial charge in [-0.05, 0) is 45.4 Å². The fraction of sp³-hybridized carbons (Fsp3) is 0.600. The van der Waals surface area contributed by atoms with Gasteiger partial charge in [0.15, 0.2) is 0 Å². The number of halogens is 2. The molecule has 0 bridgehead atoms. The van der Waals surface area contributed by atoms with Crippen LogP contribution in [0, 0.1) is 0 Å². The molecular formula is C15H23F2NO2. The zero-order valence-corrected chi connectivity index (χ0v) is 12.5. The van der Waals surface area contributed by atoms with Gasteiger partial charge in [-0.1, -0.05) is 12.1 Å². The van der Waals surface area contributed by atoms with E-state index in [0.29, 0.717) is 13.2 Å². The van der Waals surface area contributed by atoms with Gasteiger partial charge in [-0.25, -0.2) is 0 Å². The van der Waals surface area contributed by atoms with Crippen molar-refractivity contribution in [1.29, 1.82) is 0 Å². The molecule has 1 rings (SSSR count). The number of alkyl halides is 2. The lowest BCUT2D eigenvalue weighted by Gasteiger charge is -2.27. The highest BCUT2D eigenvalue weighted by Crippen LogP contribution is 2.20. The third kappa shape index (κ3) is 5.84. The van der Waals surface area contributed by atoms with Crippen molar-refractivity contribution >= 4 is 0 Å². The first kappa shape index (κ1) is 16.9. The lowest BCUT2D eigenvalue weighted by atomic mass is 10.1. The molecule has 3 nitrogen and oxygen atoms in total. The Morgan fingerprint density at radius 3 is 2.30 bits per heavy atom. The Balaban J connectivity index is 2.53. The quantitative estimate of drug-likeness (QED) is 0.790. The fourth-order valence-corrected chi connectivity index (χ4v) is 1.90. The summed E-state index contributed by atoms with van der Waals surface area (Å²) in [7, 11) is 0. The molecule has 1 N–H and O–H groups in total. The Labute approximate surface area is 119 Å². The van der Waals surface area contributed by atoms with Gasteiger partial charge in [-0.3, -0.25) is 0 Å². The van der Waals surface area contributed by atoms with E-state index in [9.17, 15) is 8.78 Å². The molecule has 5 heteroatoms. The first-order chi connectivity index (χ1) is 9.34. The Hall–Kier alpha value is -1.20. The second-order valence-corrected chi connectivity index (χ2v) is 5.24. The number of hydrogen-bond donors (Lipinski definition) is 1. The minimum absolute atomic E-state index is 0.107. The van der Waals surface area contributed by atoms with Gasteiger partial charge < -0.3 is 14.8 Å². The summed E-state index contributed by atoms with van der Waals surface area (Å²) in [5.74, 6) is 0.172. The molecule has 0 aliphatic carbocycles. The molecular weight excluding hydrogens is 264 g/mol. The van der Waals surface area contributed by atoms with Gasteiger partial charge in [0.25, 0.3) is 0 Å². The molecule has 20 heavy (non-hydrogen) atoms. The van der Waals surface area contributed by atoms with Crippen LogP contribution in [0.25, 0.3) is 0 Å². The smallest absolute Gasteiger partial charge is 0.387 e.